The molecule has 0 bridgehead atoms. The van der Waals surface area contributed by atoms with Crippen molar-refractivity contribution in [1.82, 2.24) is 0 Å². The summed E-state index contributed by atoms with van der Waals surface area (Å²) in [6.45, 7) is 3.49. The van der Waals surface area contributed by atoms with Crippen LogP contribution >= 0.6 is 12.4 Å². The molecule has 0 aliphatic carbocycles. The average Bonchev–Trinajstić information content (AvgIpc) is 2.01. The highest BCUT2D eigenvalue weighted by Gasteiger charge is 2.30. The van der Waals surface area contributed by atoms with Gasteiger partial charge < -0.3 is 5.73 Å². The van der Waals surface area contributed by atoms with Gasteiger partial charge in [0.1, 0.15) is 0 Å². The number of halogens is 4. The van der Waals surface area contributed by atoms with Crippen molar-refractivity contribution in [2.75, 3.05) is 0 Å². The standard InChI is InChI=1S/C10H12F3N.ClH/c1-9(2,14)7-3-5-8(6-4-7)10(11,12)13;/h3-6H,14H2,1-2H3;1H. The summed E-state index contributed by atoms with van der Waals surface area (Å²) in [5.41, 5.74) is 5.17. The lowest BCUT2D eigenvalue weighted by Crippen LogP contribution is -2.28. The molecule has 1 aromatic carbocycles. The highest BCUT2D eigenvalue weighted by atomic mass is 35.5. The molecule has 0 aromatic heterocycles. The second-order valence-electron chi connectivity index (χ2n) is 3.80. The van der Waals surface area contributed by atoms with Gasteiger partial charge in [-0.05, 0) is 31.5 Å². The number of rotatable bonds is 1. The van der Waals surface area contributed by atoms with Crippen LogP contribution in [-0.2, 0) is 11.7 Å². The first-order valence-electron chi connectivity index (χ1n) is 4.18. The SMILES string of the molecule is CC(C)(N)c1ccc(C(F)(F)F)cc1.Cl. The van der Waals surface area contributed by atoms with E-state index in [0.29, 0.717) is 5.56 Å². The second kappa shape index (κ2) is 4.41. The Labute approximate surface area is 92.9 Å². The van der Waals surface area contributed by atoms with Gasteiger partial charge in [0.25, 0.3) is 0 Å². The smallest absolute Gasteiger partial charge is 0.322 e. The summed E-state index contributed by atoms with van der Waals surface area (Å²) in [6.07, 6.45) is -4.28. The van der Waals surface area contributed by atoms with E-state index < -0.39 is 17.3 Å². The first-order chi connectivity index (χ1) is 6.21. The number of hydrogen-bond acceptors (Lipinski definition) is 1. The Morgan fingerprint density at radius 2 is 1.27 bits per heavy atom. The number of hydrogen-bond donors (Lipinski definition) is 1. The van der Waals surface area contributed by atoms with Crippen LogP contribution in [0.3, 0.4) is 0 Å². The van der Waals surface area contributed by atoms with E-state index in [9.17, 15) is 13.2 Å². The average molecular weight is 240 g/mol. The van der Waals surface area contributed by atoms with E-state index >= 15 is 0 Å². The van der Waals surface area contributed by atoms with Crippen molar-refractivity contribution < 1.29 is 13.2 Å². The molecular weight excluding hydrogens is 227 g/mol. The molecule has 1 nitrogen and oxygen atoms in total. The minimum atomic E-state index is -4.28. The van der Waals surface area contributed by atoms with Crippen LogP contribution in [-0.4, -0.2) is 0 Å². The molecule has 0 heterocycles. The molecule has 0 aliphatic rings. The van der Waals surface area contributed by atoms with Crippen LogP contribution in [0.4, 0.5) is 13.2 Å². The van der Waals surface area contributed by atoms with Crippen LogP contribution < -0.4 is 5.73 Å². The van der Waals surface area contributed by atoms with Gasteiger partial charge in [0, 0.05) is 5.54 Å². The van der Waals surface area contributed by atoms with Crippen LogP contribution in [0.5, 0.6) is 0 Å². The summed E-state index contributed by atoms with van der Waals surface area (Å²) in [7, 11) is 0. The number of benzene rings is 1. The molecule has 0 unspecified atom stereocenters. The van der Waals surface area contributed by atoms with Gasteiger partial charge in [-0.15, -0.1) is 12.4 Å². The third-order valence-corrected chi connectivity index (χ3v) is 1.96. The van der Waals surface area contributed by atoms with Gasteiger partial charge in [-0.2, -0.15) is 13.2 Å². The lowest BCUT2D eigenvalue weighted by atomic mass is 9.95. The summed E-state index contributed by atoms with van der Waals surface area (Å²) in [5.74, 6) is 0. The van der Waals surface area contributed by atoms with E-state index in [2.05, 4.69) is 0 Å². The molecule has 0 saturated heterocycles. The van der Waals surface area contributed by atoms with E-state index in [1.807, 2.05) is 0 Å². The molecule has 1 rings (SSSR count). The largest absolute Gasteiger partial charge is 0.416 e. The maximum Gasteiger partial charge on any atom is 0.416 e. The van der Waals surface area contributed by atoms with Gasteiger partial charge >= 0.3 is 6.18 Å². The molecule has 0 amide bonds. The summed E-state index contributed by atoms with van der Waals surface area (Å²) in [4.78, 5) is 0. The molecule has 1 aromatic rings. The first-order valence-corrected chi connectivity index (χ1v) is 4.18. The Hall–Kier alpha value is -0.740. The third-order valence-electron chi connectivity index (χ3n) is 1.96. The van der Waals surface area contributed by atoms with Crippen molar-refractivity contribution in [2.45, 2.75) is 25.6 Å². The number of alkyl halides is 3. The minimum Gasteiger partial charge on any atom is -0.322 e. The molecule has 86 valence electrons. The van der Waals surface area contributed by atoms with Crippen molar-refractivity contribution in [2.24, 2.45) is 5.73 Å². The quantitative estimate of drug-likeness (QED) is 0.799. The summed E-state index contributed by atoms with van der Waals surface area (Å²) in [6, 6.07) is 4.90. The van der Waals surface area contributed by atoms with Crippen molar-refractivity contribution in [3.63, 3.8) is 0 Å². The second-order valence-corrected chi connectivity index (χ2v) is 3.80. The third kappa shape index (κ3) is 3.72. The highest BCUT2D eigenvalue weighted by molar-refractivity contribution is 5.85. The topological polar surface area (TPSA) is 26.0 Å². The lowest BCUT2D eigenvalue weighted by Gasteiger charge is -2.19. The number of nitrogens with two attached hydrogens (primary N) is 1. The van der Waals surface area contributed by atoms with E-state index in [4.69, 9.17) is 5.73 Å². The molecule has 5 heteroatoms. The van der Waals surface area contributed by atoms with E-state index in [0.717, 1.165) is 12.1 Å². The van der Waals surface area contributed by atoms with Gasteiger partial charge in [0.15, 0.2) is 0 Å². The van der Waals surface area contributed by atoms with Crippen molar-refractivity contribution >= 4 is 12.4 Å². The fraction of sp³-hybridized carbons (Fsp3) is 0.400. The van der Waals surface area contributed by atoms with Gasteiger partial charge in [0.05, 0.1) is 5.56 Å². The maximum absolute atomic E-state index is 12.2. The van der Waals surface area contributed by atoms with Crippen LogP contribution in [0.15, 0.2) is 24.3 Å². The Balaban J connectivity index is 0.00000196. The van der Waals surface area contributed by atoms with Crippen LogP contribution in [0.25, 0.3) is 0 Å². The molecule has 2 N–H and O–H groups in total. The Bertz CT molecular complexity index is 278. The summed E-state index contributed by atoms with van der Waals surface area (Å²) < 4.78 is 36.6. The molecule has 0 radical (unpaired) electrons. The summed E-state index contributed by atoms with van der Waals surface area (Å²) in [5, 5.41) is 0. The molecular formula is C10H13ClF3N. The molecule has 0 spiro atoms. The zero-order valence-electron chi connectivity index (χ0n) is 8.43. The first kappa shape index (κ1) is 14.3. The van der Waals surface area contributed by atoms with Gasteiger partial charge in [-0.1, -0.05) is 12.1 Å². The summed E-state index contributed by atoms with van der Waals surface area (Å²) >= 11 is 0. The van der Waals surface area contributed by atoms with E-state index in [-0.39, 0.29) is 12.4 Å². The molecule has 0 fully saturated rings. The fourth-order valence-electron chi connectivity index (χ4n) is 1.09. The molecule has 0 saturated carbocycles. The lowest BCUT2D eigenvalue weighted by molar-refractivity contribution is -0.137. The molecule has 0 atom stereocenters. The monoisotopic (exact) mass is 239 g/mol. The normalized spacial score (nSPS) is 12.1. The fourth-order valence-corrected chi connectivity index (χ4v) is 1.09. The van der Waals surface area contributed by atoms with Gasteiger partial charge in [0.2, 0.25) is 0 Å². The van der Waals surface area contributed by atoms with E-state index in [1.54, 1.807) is 13.8 Å². The van der Waals surface area contributed by atoms with Crippen LogP contribution in [0, 0.1) is 0 Å². The predicted octanol–water partition coefficient (Wildman–Crippen LogP) is 3.32. The Morgan fingerprint density at radius 3 is 1.53 bits per heavy atom. The van der Waals surface area contributed by atoms with Crippen LogP contribution in [0.2, 0.25) is 0 Å². The Morgan fingerprint density at radius 1 is 0.933 bits per heavy atom. The zero-order chi connectivity index (χ0) is 11.0. The van der Waals surface area contributed by atoms with E-state index in [1.165, 1.54) is 12.1 Å². The van der Waals surface area contributed by atoms with Crippen molar-refractivity contribution in [3.05, 3.63) is 35.4 Å². The molecule has 0 aliphatic heterocycles. The van der Waals surface area contributed by atoms with Crippen molar-refractivity contribution in [1.29, 1.82) is 0 Å². The van der Waals surface area contributed by atoms with Crippen LogP contribution in [0.1, 0.15) is 25.0 Å². The highest BCUT2D eigenvalue weighted by Crippen LogP contribution is 2.30. The van der Waals surface area contributed by atoms with Crippen molar-refractivity contribution in [3.8, 4) is 0 Å². The van der Waals surface area contributed by atoms with Gasteiger partial charge in [-0.3, -0.25) is 0 Å². The zero-order valence-corrected chi connectivity index (χ0v) is 9.25. The Kier molecular flexibility index (Phi) is 4.19. The maximum atomic E-state index is 12.2. The van der Waals surface area contributed by atoms with Gasteiger partial charge in [-0.25, -0.2) is 0 Å². The molecule has 15 heavy (non-hydrogen) atoms. The minimum absolute atomic E-state index is 0. The predicted molar refractivity (Wildman–Crippen MR) is 55.9 cm³/mol.